The van der Waals surface area contributed by atoms with E-state index in [1.807, 2.05) is 6.07 Å². The SMILES string of the molecule is CCOC(=O)/C=C/[C@@H]1CCCN1C(=O)CS(=O)c1ccccc1. The highest BCUT2D eigenvalue weighted by Gasteiger charge is 2.28. The number of rotatable bonds is 6. The van der Waals surface area contributed by atoms with Gasteiger partial charge in [-0.05, 0) is 31.9 Å². The Morgan fingerprint density at radius 3 is 2.78 bits per heavy atom. The molecule has 1 saturated heterocycles. The van der Waals surface area contributed by atoms with Gasteiger partial charge in [0, 0.05) is 17.5 Å². The third kappa shape index (κ3) is 5.03. The second-order valence-electron chi connectivity index (χ2n) is 5.21. The van der Waals surface area contributed by atoms with Crippen molar-refractivity contribution in [2.45, 2.75) is 30.7 Å². The lowest BCUT2D eigenvalue weighted by Crippen LogP contribution is -2.37. The summed E-state index contributed by atoms with van der Waals surface area (Å²) in [7, 11) is -1.35. The van der Waals surface area contributed by atoms with E-state index in [4.69, 9.17) is 4.74 Å². The first kappa shape index (κ1) is 17.4. The van der Waals surface area contributed by atoms with E-state index in [2.05, 4.69) is 0 Å². The van der Waals surface area contributed by atoms with Crippen LogP contribution in [0.5, 0.6) is 0 Å². The van der Waals surface area contributed by atoms with E-state index in [1.54, 1.807) is 42.2 Å². The third-order valence-corrected chi connectivity index (χ3v) is 4.93. The Bertz CT molecular complexity index is 600. The number of likely N-dealkylation sites (tertiary alicyclic amines) is 1. The van der Waals surface area contributed by atoms with Crippen LogP contribution in [0.3, 0.4) is 0 Å². The molecule has 0 bridgehead atoms. The summed E-state index contributed by atoms with van der Waals surface area (Å²) in [6, 6.07) is 8.84. The number of amides is 1. The second kappa shape index (κ2) is 8.62. The zero-order valence-corrected chi connectivity index (χ0v) is 14.0. The zero-order chi connectivity index (χ0) is 16.7. The fourth-order valence-corrected chi connectivity index (χ4v) is 3.55. The molecule has 1 amide bonds. The molecule has 1 aliphatic rings. The van der Waals surface area contributed by atoms with E-state index in [-0.39, 0.29) is 17.7 Å². The van der Waals surface area contributed by atoms with Gasteiger partial charge in [0.15, 0.2) is 0 Å². The number of esters is 1. The molecule has 1 aromatic rings. The standard InChI is InChI=1S/C17H21NO4S/c1-2-22-17(20)11-10-14-7-6-12-18(14)16(19)13-23(21)15-8-4-3-5-9-15/h3-5,8-11,14H,2,6-7,12-13H2,1H3/b11-10+/t14-,23?/m0/s1. The molecule has 0 radical (unpaired) electrons. The number of hydrogen-bond donors (Lipinski definition) is 0. The molecule has 0 aromatic heterocycles. The molecule has 2 atom stereocenters. The van der Waals surface area contributed by atoms with E-state index >= 15 is 0 Å². The molecule has 1 heterocycles. The zero-order valence-electron chi connectivity index (χ0n) is 13.1. The summed E-state index contributed by atoms with van der Waals surface area (Å²) >= 11 is 0. The van der Waals surface area contributed by atoms with Crippen LogP contribution in [0.25, 0.3) is 0 Å². The van der Waals surface area contributed by atoms with Crippen molar-refractivity contribution < 1.29 is 18.5 Å². The summed E-state index contributed by atoms with van der Waals surface area (Å²) in [5.41, 5.74) is 0. The molecule has 0 aliphatic carbocycles. The van der Waals surface area contributed by atoms with Gasteiger partial charge in [0.25, 0.3) is 0 Å². The molecular weight excluding hydrogens is 314 g/mol. The maximum Gasteiger partial charge on any atom is 0.330 e. The number of carbonyl (C=O) groups is 2. The summed E-state index contributed by atoms with van der Waals surface area (Å²) in [6.45, 7) is 2.70. The Kier molecular flexibility index (Phi) is 6.52. The van der Waals surface area contributed by atoms with Crippen LogP contribution in [0.15, 0.2) is 47.4 Å². The number of benzene rings is 1. The Balaban J connectivity index is 1.95. The van der Waals surface area contributed by atoms with Crippen molar-refractivity contribution in [3.05, 3.63) is 42.5 Å². The fourth-order valence-electron chi connectivity index (χ4n) is 2.53. The van der Waals surface area contributed by atoms with Gasteiger partial charge in [-0.3, -0.25) is 9.00 Å². The minimum Gasteiger partial charge on any atom is -0.463 e. The van der Waals surface area contributed by atoms with Gasteiger partial charge in [-0.15, -0.1) is 0 Å². The molecule has 5 nitrogen and oxygen atoms in total. The van der Waals surface area contributed by atoms with E-state index in [0.29, 0.717) is 18.0 Å². The predicted octanol–water partition coefficient (Wildman–Crippen LogP) is 1.90. The Morgan fingerprint density at radius 1 is 1.35 bits per heavy atom. The topological polar surface area (TPSA) is 63.7 Å². The fraction of sp³-hybridized carbons (Fsp3) is 0.412. The molecule has 124 valence electrons. The van der Waals surface area contributed by atoms with Crippen molar-refractivity contribution in [3.63, 3.8) is 0 Å². The van der Waals surface area contributed by atoms with Gasteiger partial charge >= 0.3 is 5.97 Å². The van der Waals surface area contributed by atoms with Crippen molar-refractivity contribution in [2.75, 3.05) is 18.9 Å². The van der Waals surface area contributed by atoms with Gasteiger partial charge in [0.1, 0.15) is 5.75 Å². The van der Waals surface area contributed by atoms with Gasteiger partial charge < -0.3 is 9.64 Å². The highest BCUT2D eigenvalue weighted by molar-refractivity contribution is 7.85. The van der Waals surface area contributed by atoms with Gasteiger partial charge in [0.05, 0.1) is 23.4 Å². The molecule has 1 fully saturated rings. The molecule has 1 unspecified atom stereocenters. The lowest BCUT2D eigenvalue weighted by molar-refractivity contribution is -0.137. The van der Waals surface area contributed by atoms with E-state index in [9.17, 15) is 13.8 Å². The molecule has 1 aliphatic heterocycles. The summed E-state index contributed by atoms with van der Waals surface area (Å²) < 4.78 is 17.1. The lowest BCUT2D eigenvalue weighted by Gasteiger charge is -2.22. The first-order valence-electron chi connectivity index (χ1n) is 7.69. The lowest BCUT2D eigenvalue weighted by atomic mass is 10.2. The highest BCUT2D eigenvalue weighted by atomic mass is 32.2. The molecule has 0 spiro atoms. The normalized spacial score (nSPS) is 19.0. The van der Waals surface area contributed by atoms with E-state index in [0.717, 1.165) is 12.8 Å². The number of carbonyl (C=O) groups excluding carboxylic acids is 2. The van der Waals surface area contributed by atoms with Crippen molar-refractivity contribution in [1.82, 2.24) is 4.90 Å². The van der Waals surface area contributed by atoms with Crippen LogP contribution in [0.1, 0.15) is 19.8 Å². The molecule has 2 rings (SSSR count). The number of nitrogens with zero attached hydrogens (tertiary/aromatic N) is 1. The van der Waals surface area contributed by atoms with E-state index < -0.39 is 16.8 Å². The molecule has 23 heavy (non-hydrogen) atoms. The summed E-state index contributed by atoms with van der Waals surface area (Å²) in [5.74, 6) is -0.587. The number of ether oxygens (including phenoxy) is 1. The summed E-state index contributed by atoms with van der Waals surface area (Å²) in [5, 5.41) is 0. The Hall–Kier alpha value is -1.95. The average molecular weight is 335 g/mol. The van der Waals surface area contributed by atoms with Crippen LogP contribution in [0, 0.1) is 0 Å². The minimum atomic E-state index is -1.35. The first-order chi connectivity index (χ1) is 11.1. The van der Waals surface area contributed by atoms with Crippen molar-refractivity contribution in [3.8, 4) is 0 Å². The van der Waals surface area contributed by atoms with Crippen LogP contribution < -0.4 is 0 Å². The molecule has 6 heteroatoms. The highest BCUT2D eigenvalue weighted by Crippen LogP contribution is 2.19. The van der Waals surface area contributed by atoms with Gasteiger partial charge in [-0.2, -0.15) is 0 Å². The van der Waals surface area contributed by atoms with Gasteiger partial charge in [0.2, 0.25) is 5.91 Å². The molecular formula is C17H21NO4S. The van der Waals surface area contributed by atoms with Crippen LogP contribution in [0.2, 0.25) is 0 Å². The molecule has 0 saturated carbocycles. The van der Waals surface area contributed by atoms with Gasteiger partial charge in [-0.1, -0.05) is 24.3 Å². The summed E-state index contributed by atoms with van der Waals surface area (Å²) in [4.78, 5) is 26.1. The Labute approximate surface area is 138 Å². The van der Waals surface area contributed by atoms with Crippen LogP contribution in [-0.2, 0) is 25.1 Å². The smallest absolute Gasteiger partial charge is 0.330 e. The van der Waals surface area contributed by atoms with Crippen LogP contribution >= 0.6 is 0 Å². The van der Waals surface area contributed by atoms with Crippen LogP contribution in [0.4, 0.5) is 0 Å². The first-order valence-corrected chi connectivity index (χ1v) is 9.01. The maximum absolute atomic E-state index is 12.4. The minimum absolute atomic E-state index is 0.0340. The quantitative estimate of drug-likeness (QED) is 0.588. The van der Waals surface area contributed by atoms with Crippen molar-refractivity contribution in [2.24, 2.45) is 0 Å². The maximum atomic E-state index is 12.4. The van der Waals surface area contributed by atoms with Crippen LogP contribution in [-0.4, -0.2) is 45.9 Å². The molecule has 0 N–H and O–H groups in total. The summed E-state index contributed by atoms with van der Waals surface area (Å²) in [6.07, 6.45) is 4.75. The third-order valence-electron chi connectivity index (χ3n) is 3.62. The largest absolute Gasteiger partial charge is 0.463 e. The number of hydrogen-bond acceptors (Lipinski definition) is 4. The van der Waals surface area contributed by atoms with Crippen molar-refractivity contribution >= 4 is 22.7 Å². The van der Waals surface area contributed by atoms with Crippen molar-refractivity contribution in [1.29, 1.82) is 0 Å². The van der Waals surface area contributed by atoms with E-state index in [1.165, 1.54) is 6.08 Å². The van der Waals surface area contributed by atoms with Gasteiger partial charge in [-0.25, -0.2) is 4.79 Å². The average Bonchev–Trinajstić information content (AvgIpc) is 3.02. The monoisotopic (exact) mass is 335 g/mol. The predicted molar refractivity (Wildman–Crippen MR) is 88.2 cm³/mol. The second-order valence-corrected chi connectivity index (χ2v) is 6.66. The molecule has 1 aromatic carbocycles. The Morgan fingerprint density at radius 2 is 2.09 bits per heavy atom.